The highest BCUT2D eigenvalue weighted by molar-refractivity contribution is 5.79. The lowest BCUT2D eigenvalue weighted by molar-refractivity contribution is -0.141. The highest BCUT2D eigenvalue weighted by atomic mass is 16.4. The Bertz CT molecular complexity index is 263. The van der Waals surface area contributed by atoms with Crippen LogP contribution >= 0.6 is 0 Å². The smallest absolute Gasteiger partial charge is 0.305 e. The molecule has 0 spiro atoms. The summed E-state index contributed by atoms with van der Waals surface area (Å²) in [5, 5.41) is 8.68. The molecule has 100 valence electrons. The third-order valence-corrected chi connectivity index (χ3v) is 3.36. The van der Waals surface area contributed by atoms with Gasteiger partial charge < -0.3 is 10.0 Å². The summed E-state index contributed by atoms with van der Waals surface area (Å²) in [6.07, 6.45) is 0.967. The predicted octanol–water partition coefficient (Wildman–Crippen LogP) is 2.38. The molecule has 0 saturated heterocycles. The van der Waals surface area contributed by atoms with Crippen molar-refractivity contribution in [3.63, 3.8) is 0 Å². The average molecular weight is 243 g/mol. The van der Waals surface area contributed by atoms with Crippen molar-refractivity contribution >= 4 is 11.9 Å². The molecule has 4 heteroatoms. The van der Waals surface area contributed by atoms with Gasteiger partial charge in [0.05, 0.1) is 6.42 Å². The first-order valence-corrected chi connectivity index (χ1v) is 6.33. The largest absolute Gasteiger partial charge is 0.481 e. The predicted molar refractivity (Wildman–Crippen MR) is 67.7 cm³/mol. The van der Waals surface area contributed by atoms with E-state index in [0.29, 0.717) is 12.5 Å². The van der Waals surface area contributed by atoms with Gasteiger partial charge in [0, 0.05) is 18.5 Å². The molecule has 17 heavy (non-hydrogen) atoms. The number of carbonyl (C=O) groups is 2. The van der Waals surface area contributed by atoms with Crippen LogP contribution in [-0.2, 0) is 9.59 Å². The van der Waals surface area contributed by atoms with Crippen LogP contribution in [0.1, 0.15) is 47.5 Å². The summed E-state index contributed by atoms with van der Waals surface area (Å²) in [5.74, 6) is -0.514. The molecule has 2 atom stereocenters. The van der Waals surface area contributed by atoms with Gasteiger partial charge in [0.15, 0.2) is 0 Å². The lowest BCUT2D eigenvalue weighted by atomic mass is 9.92. The van der Waals surface area contributed by atoms with Crippen LogP contribution in [-0.4, -0.2) is 34.5 Å². The molecule has 0 aromatic carbocycles. The van der Waals surface area contributed by atoms with E-state index in [9.17, 15) is 9.59 Å². The van der Waals surface area contributed by atoms with Gasteiger partial charge in [-0.05, 0) is 19.8 Å². The van der Waals surface area contributed by atoms with Gasteiger partial charge in [-0.3, -0.25) is 9.59 Å². The summed E-state index contributed by atoms with van der Waals surface area (Å²) in [4.78, 5) is 24.5. The quantitative estimate of drug-likeness (QED) is 0.747. The van der Waals surface area contributed by atoms with Crippen LogP contribution in [0.2, 0.25) is 0 Å². The molecule has 0 fully saturated rings. The molecule has 0 aliphatic carbocycles. The van der Waals surface area contributed by atoms with Crippen molar-refractivity contribution in [1.82, 2.24) is 4.90 Å². The second-order valence-corrected chi connectivity index (χ2v) is 4.94. The van der Waals surface area contributed by atoms with Crippen molar-refractivity contribution in [3.8, 4) is 0 Å². The molecular formula is C13H25NO3. The fourth-order valence-electron chi connectivity index (χ4n) is 1.70. The zero-order chi connectivity index (χ0) is 13.6. The van der Waals surface area contributed by atoms with Gasteiger partial charge in [0.2, 0.25) is 5.91 Å². The van der Waals surface area contributed by atoms with Gasteiger partial charge in [-0.25, -0.2) is 0 Å². The van der Waals surface area contributed by atoms with Crippen LogP contribution in [0.15, 0.2) is 0 Å². The van der Waals surface area contributed by atoms with Gasteiger partial charge in [-0.2, -0.15) is 0 Å². The summed E-state index contributed by atoms with van der Waals surface area (Å²) in [5.41, 5.74) is 0. The first-order chi connectivity index (χ1) is 7.81. The standard InChI is InChI=1S/C13H25NO3/c1-6-10(4)11(5)13(17)14(9(2)3)8-7-12(15)16/h9-11H,6-8H2,1-5H3,(H,15,16). The number of rotatable bonds is 7. The van der Waals surface area contributed by atoms with E-state index >= 15 is 0 Å². The molecule has 0 aliphatic rings. The van der Waals surface area contributed by atoms with Gasteiger partial charge in [0.25, 0.3) is 0 Å². The van der Waals surface area contributed by atoms with E-state index in [4.69, 9.17) is 5.11 Å². The fourth-order valence-corrected chi connectivity index (χ4v) is 1.70. The van der Waals surface area contributed by atoms with E-state index in [1.807, 2.05) is 20.8 Å². The maximum absolute atomic E-state index is 12.2. The SMILES string of the molecule is CCC(C)C(C)C(=O)N(CCC(=O)O)C(C)C. The second kappa shape index (κ2) is 7.30. The van der Waals surface area contributed by atoms with Crippen molar-refractivity contribution < 1.29 is 14.7 Å². The van der Waals surface area contributed by atoms with Crippen LogP contribution in [0, 0.1) is 11.8 Å². The fraction of sp³-hybridized carbons (Fsp3) is 0.846. The summed E-state index contributed by atoms with van der Waals surface area (Å²) < 4.78 is 0. The summed E-state index contributed by atoms with van der Waals surface area (Å²) >= 11 is 0. The Morgan fingerprint density at radius 1 is 1.18 bits per heavy atom. The number of amides is 1. The van der Waals surface area contributed by atoms with Crippen LogP contribution in [0.5, 0.6) is 0 Å². The van der Waals surface area contributed by atoms with E-state index in [1.165, 1.54) is 0 Å². The minimum absolute atomic E-state index is 0.0111. The first-order valence-electron chi connectivity index (χ1n) is 6.33. The molecule has 0 aliphatic heterocycles. The topological polar surface area (TPSA) is 57.6 Å². The van der Waals surface area contributed by atoms with Crippen molar-refractivity contribution in [2.24, 2.45) is 11.8 Å². The third kappa shape index (κ3) is 5.20. The van der Waals surface area contributed by atoms with Crippen molar-refractivity contribution in [2.75, 3.05) is 6.54 Å². The molecule has 1 N–H and O–H groups in total. The number of hydrogen-bond donors (Lipinski definition) is 1. The molecule has 0 rings (SSSR count). The molecule has 4 nitrogen and oxygen atoms in total. The lowest BCUT2D eigenvalue weighted by Crippen LogP contribution is -2.42. The zero-order valence-corrected chi connectivity index (χ0v) is 11.6. The number of carboxylic acid groups (broad SMARTS) is 1. The zero-order valence-electron chi connectivity index (χ0n) is 11.6. The molecule has 0 heterocycles. The molecule has 1 amide bonds. The Morgan fingerprint density at radius 3 is 2.06 bits per heavy atom. The van der Waals surface area contributed by atoms with Crippen molar-refractivity contribution in [3.05, 3.63) is 0 Å². The number of carboxylic acids is 1. The Labute approximate surface area is 104 Å². The highest BCUT2D eigenvalue weighted by Gasteiger charge is 2.26. The number of carbonyl (C=O) groups excluding carboxylic acids is 1. The monoisotopic (exact) mass is 243 g/mol. The van der Waals surface area contributed by atoms with Gasteiger partial charge in [-0.15, -0.1) is 0 Å². The molecule has 0 aromatic rings. The van der Waals surface area contributed by atoms with E-state index in [0.717, 1.165) is 6.42 Å². The highest BCUT2D eigenvalue weighted by Crippen LogP contribution is 2.18. The summed E-state index contributed by atoms with van der Waals surface area (Å²) in [6, 6.07) is 0.0494. The Hall–Kier alpha value is -1.06. The molecule has 0 saturated carbocycles. The maximum Gasteiger partial charge on any atom is 0.305 e. The van der Waals surface area contributed by atoms with Gasteiger partial charge >= 0.3 is 5.97 Å². The van der Waals surface area contributed by atoms with Crippen LogP contribution in [0.4, 0.5) is 0 Å². The van der Waals surface area contributed by atoms with Crippen LogP contribution in [0.25, 0.3) is 0 Å². The number of aliphatic carboxylic acids is 1. The molecule has 0 radical (unpaired) electrons. The number of nitrogens with zero attached hydrogens (tertiary/aromatic N) is 1. The Kier molecular flexibility index (Phi) is 6.85. The van der Waals surface area contributed by atoms with Crippen LogP contribution < -0.4 is 0 Å². The number of hydrogen-bond acceptors (Lipinski definition) is 2. The van der Waals surface area contributed by atoms with E-state index in [1.54, 1.807) is 4.90 Å². The van der Waals surface area contributed by atoms with E-state index in [-0.39, 0.29) is 24.3 Å². The second-order valence-electron chi connectivity index (χ2n) is 4.94. The maximum atomic E-state index is 12.2. The third-order valence-electron chi connectivity index (χ3n) is 3.36. The Balaban J connectivity index is 4.59. The lowest BCUT2D eigenvalue weighted by Gasteiger charge is -2.31. The minimum Gasteiger partial charge on any atom is -0.481 e. The van der Waals surface area contributed by atoms with Crippen molar-refractivity contribution in [2.45, 2.75) is 53.5 Å². The van der Waals surface area contributed by atoms with Gasteiger partial charge in [0.1, 0.15) is 0 Å². The minimum atomic E-state index is -0.861. The van der Waals surface area contributed by atoms with E-state index in [2.05, 4.69) is 13.8 Å². The summed E-state index contributed by atoms with van der Waals surface area (Å²) in [6.45, 7) is 10.2. The molecular weight excluding hydrogens is 218 g/mol. The van der Waals surface area contributed by atoms with E-state index < -0.39 is 5.97 Å². The van der Waals surface area contributed by atoms with Crippen LogP contribution in [0.3, 0.4) is 0 Å². The molecule has 0 aromatic heterocycles. The summed E-state index contributed by atoms with van der Waals surface area (Å²) in [7, 11) is 0. The molecule has 0 bridgehead atoms. The first kappa shape index (κ1) is 15.9. The normalized spacial score (nSPS) is 14.5. The average Bonchev–Trinajstić information content (AvgIpc) is 2.25. The Morgan fingerprint density at radius 2 is 1.71 bits per heavy atom. The van der Waals surface area contributed by atoms with Crippen molar-refractivity contribution in [1.29, 1.82) is 0 Å². The molecule has 2 unspecified atom stereocenters. The van der Waals surface area contributed by atoms with Gasteiger partial charge in [-0.1, -0.05) is 27.2 Å².